The van der Waals surface area contributed by atoms with Gasteiger partial charge in [0.05, 0.1) is 0 Å². The Morgan fingerprint density at radius 2 is 2.33 bits per heavy atom. The fourth-order valence-corrected chi connectivity index (χ4v) is 0.874. The van der Waals surface area contributed by atoms with Crippen LogP contribution in [-0.2, 0) is 9.37 Å². The van der Waals surface area contributed by atoms with Gasteiger partial charge in [-0.05, 0) is 12.1 Å². The van der Waals surface area contributed by atoms with E-state index in [1.807, 2.05) is 0 Å². The van der Waals surface area contributed by atoms with Crippen molar-refractivity contribution < 1.29 is 28.9 Å². The first kappa shape index (κ1) is 9.07. The number of hydrogen-bond acceptors (Lipinski definition) is 6. The average molecular weight is 192 g/mol. The van der Waals surface area contributed by atoms with Crippen LogP contribution in [0.2, 0.25) is 0 Å². The Hall–Kier alpha value is -1.02. The summed E-state index contributed by atoms with van der Waals surface area (Å²) in [6.45, 7) is 0. The summed E-state index contributed by atoms with van der Waals surface area (Å²) in [4.78, 5) is 10.3. The van der Waals surface area contributed by atoms with Crippen molar-refractivity contribution >= 4 is 18.0 Å². The standard InChI is InChI=1S/C5H4O6S/c6-5(7)3-1-2-4(9-3)12-11-10-8/h1-2,8H,(H,6,7). The van der Waals surface area contributed by atoms with Gasteiger partial charge in [-0.1, -0.05) is 5.04 Å². The van der Waals surface area contributed by atoms with Gasteiger partial charge in [-0.15, -0.1) is 4.33 Å². The normalized spacial score (nSPS) is 10.1. The summed E-state index contributed by atoms with van der Waals surface area (Å²) in [7, 11) is 0. The van der Waals surface area contributed by atoms with E-state index < -0.39 is 5.97 Å². The molecule has 2 N–H and O–H groups in total. The van der Waals surface area contributed by atoms with Crippen LogP contribution in [0.15, 0.2) is 21.6 Å². The van der Waals surface area contributed by atoms with Gasteiger partial charge < -0.3 is 9.52 Å². The third-order valence-electron chi connectivity index (χ3n) is 0.939. The second-order valence-corrected chi connectivity index (χ2v) is 2.35. The predicted molar refractivity (Wildman–Crippen MR) is 36.3 cm³/mol. The third kappa shape index (κ3) is 2.24. The summed E-state index contributed by atoms with van der Waals surface area (Å²) < 4.78 is 8.69. The molecule has 0 aliphatic carbocycles. The molecule has 0 bridgehead atoms. The maximum Gasteiger partial charge on any atom is 0.371 e. The van der Waals surface area contributed by atoms with E-state index in [1.165, 1.54) is 12.1 Å². The van der Waals surface area contributed by atoms with Crippen molar-refractivity contribution in [1.82, 2.24) is 0 Å². The Kier molecular flexibility index (Phi) is 3.11. The van der Waals surface area contributed by atoms with Crippen LogP contribution >= 0.6 is 12.0 Å². The van der Waals surface area contributed by atoms with E-state index in [0.717, 1.165) is 0 Å². The van der Waals surface area contributed by atoms with Gasteiger partial charge in [-0.3, -0.25) is 0 Å². The first-order valence-electron chi connectivity index (χ1n) is 2.72. The highest BCUT2D eigenvalue weighted by molar-refractivity contribution is 7.94. The van der Waals surface area contributed by atoms with Gasteiger partial charge in [-0.25, -0.2) is 10.1 Å². The number of carbonyl (C=O) groups is 1. The van der Waals surface area contributed by atoms with E-state index in [1.54, 1.807) is 0 Å². The van der Waals surface area contributed by atoms with Gasteiger partial charge in [0.25, 0.3) is 0 Å². The van der Waals surface area contributed by atoms with E-state index in [0.29, 0.717) is 12.0 Å². The fourth-order valence-electron chi connectivity index (χ4n) is 0.529. The molecular weight excluding hydrogens is 188 g/mol. The predicted octanol–water partition coefficient (Wildman–Crippen LogP) is 1.41. The highest BCUT2D eigenvalue weighted by atomic mass is 32.2. The molecule has 0 amide bonds. The molecule has 1 aromatic rings. The molecule has 1 rings (SSSR count). The summed E-state index contributed by atoms with van der Waals surface area (Å²) in [6.07, 6.45) is 0. The van der Waals surface area contributed by atoms with E-state index >= 15 is 0 Å². The fraction of sp³-hybridized carbons (Fsp3) is 0. The summed E-state index contributed by atoms with van der Waals surface area (Å²) in [6, 6.07) is 2.62. The summed E-state index contributed by atoms with van der Waals surface area (Å²) in [5.74, 6) is -1.38. The first-order valence-corrected chi connectivity index (χ1v) is 3.46. The largest absolute Gasteiger partial charge is 0.475 e. The SMILES string of the molecule is O=C(O)c1ccc(SOOO)o1. The molecular formula is C5H4O6S. The maximum absolute atomic E-state index is 10.3. The lowest BCUT2D eigenvalue weighted by atomic mass is 10.5. The summed E-state index contributed by atoms with van der Waals surface area (Å²) in [5, 5.41) is 19.6. The molecule has 12 heavy (non-hydrogen) atoms. The summed E-state index contributed by atoms with van der Waals surface area (Å²) >= 11 is 0.556. The van der Waals surface area contributed by atoms with Crippen LogP contribution in [0.5, 0.6) is 0 Å². The van der Waals surface area contributed by atoms with Gasteiger partial charge in [0.2, 0.25) is 5.76 Å². The van der Waals surface area contributed by atoms with Crippen LogP contribution in [-0.4, -0.2) is 16.3 Å². The lowest BCUT2D eigenvalue weighted by Gasteiger charge is -1.90. The molecule has 0 spiro atoms. The molecule has 1 aromatic heterocycles. The smallest absolute Gasteiger partial charge is 0.371 e. The van der Waals surface area contributed by atoms with Crippen molar-refractivity contribution in [2.75, 3.05) is 0 Å². The van der Waals surface area contributed by atoms with Crippen LogP contribution in [0, 0.1) is 0 Å². The lowest BCUT2D eigenvalue weighted by Crippen LogP contribution is -1.91. The molecule has 0 aliphatic heterocycles. The molecule has 1 heterocycles. The van der Waals surface area contributed by atoms with Gasteiger partial charge >= 0.3 is 5.97 Å². The van der Waals surface area contributed by atoms with Crippen molar-refractivity contribution in [3.05, 3.63) is 17.9 Å². The van der Waals surface area contributed by atoms with Crippen molar-refractivity contribution in [3.63, 3.8) is 0 Å². The number of hydrogen-bond donors (Lipinski definition) is 2. The Labute approximate surface area is 70.8 Å². The number of rotatable bonds is 4. The van der Waals surface area contributed by atoms with Crippen molar-refractivity contribution in [2.45, 2.75) is 5.09 Å². The minimum atomic E-state index is -1.17. The molecule has 0 atom stereocenters. The molecule has 0 aliphatic rings. The van der Waals surface area contributed by atoms with Crippen LogP contribution in [0.1, 0.15) is 10.6 Å². The minimum Gasteiger partial charge on any atom is -0.475 e. The van der Waals surface area contributed by atoms with Crippen LogP contribution in [0.4, 0.5) is 0 Å². The highest BCUT2D eigenvalue weighted by Gasteiger charge is 2.09. The zero-order valence-corrected chi connectivity index (χ0v) is 6.41. The molecule has 0 unspecified atom stereocenters. The minimum absolute atomic E-state index is 0.168. The Morgan fingerprint density at radius 1 is 1.58 bits per heavy atom. The van der Waals surface area contributed by atoms with Crippen molar-refractivity contribution in [2.24, 2.45) is 0 Å². The van der Waals surface area contributed by atoms with Crippen LogP contribution in [0.25, 0.3) is 0 Å². The second kappa shape index (κ2) is 4.12. The first-order chi connectivity index (χ1) is 5.74. The van der Waals surface area contributed by atoms with Gasteiger partial charge in [-0.2, -0.15) is 0 Å². The number of furan rings is 1. The van der Waals surface area contributed by atoms with E-state index in [2.05, 4.69) is 9.37 Å². The average Bonchev–Trinajstić information content (AvgIpc) is 2.48. The lowest BCUT2D eigenvalue weighted by molar-refractivity contribution is -0.432. The number of carboxylic acids is 1. The van der Waals surface area contributed by atoms with Crippen LogP contribution in [0.3, 0.4) is 0 Å². The van der Waals surface area contributed by atoms with E-state index in [9.17, 15) is 4.79 Å². The van der Waals surface area contributed by atoms with E-state index in [4.69, 9.17) is 14.8 Å². The monoisotopic (exact) mass is 192 g/mol. The Balaban J connectivity index is 2.58. The molecule has 66 valence electrons. The maximum atomic E-state index is 10.3. The van der Waals surface area contributed by atoms with E-state index in [-0.39, 0.29) is 10.9 Å². The van der Waals surface area contributed by atoms with Gasteiger partial charge in [0, 0.05) is 0 Å². The number of carboxylic acid groups (broad SMARTS) is 1. The highest BCUT2D eigenvalue weighted by Crippen LogP contribution is 2.21. The molecule has 0 saturated carbocycles. The topological polar surface area (TPSA) is 89.1 Å². The second-order valence-electron chi connectivity index (χ2n) is 1.65. The molecule has 0 radical (unpaired) electrons. The van der Waals surface area contributed by atoms with Gasteiger partial charge in [0.1, 0.15) is 12.0 Å². The zero-order chi connectivity index (χ0) is 8.97. The van der Waals surface area contributed by atoms with Crippen molar-refractivity contribution in [1.29, 1.82) is 0 Å². The van der Waals surface area contributed by atoms with Gasteiger partial charge in [0.15, 0.2) is 5.09 Å². The molecule has 7 heteroatoms. The Morgan fingerprint density at radius 3 is 2.83 bits per heavy atom. The van der Waals surface area contributed by atoms with Crippen molar-refractivity contribution in [3.8, 4) is 0 Å². The molecule has 6 nitrogen and oxygen atoms in total. The van der Waals surface area contributed by atoms with Crippen LogP contribution < -0.4 is 0 Å². The summed E-state index contributed by atoms with van der Waals surface area (Å²) in [5.41, 5.74) is 0. The molecule has 0 aromatic carbocycles. The third-order valence-corrected chi connectivity index (χ3v) is 1.45. The Bertz CT molecular complexity index is 269. The zero-order valence-electron chi connectivity index (χ0n) is 5.59. The molecule has 0 saturated heterocycles. The molecule has 0 fully saturated rings. The quantitative estimate of drug-likeness (QED) is 0.423. The number of aromatic carboxylic acids is 1.